The van der Waals surface area contributed by atoms with Crippen LogP contribution in [0.3, 0.4) is 0 Å². The van der Waals surface area contributed by atoms with Gasteiger partial charge in [0.1, 0.15) is 0 Å². The molecule has 192 valence electrons. The molecule has 0 heterocycles. The molecule has 1 aliphatic carbocycles. The zero-order valence-corrected chi connectivity index (χ0v) is 27.1. The van der Waals surface area contributed by atoms with Gasteiger partial charge in [0.25, 0.3) is 0 Å². The first-order valence-corrected chi connectivity index (χ1v) is 21.3. The molecule has 7 heteroatoms. The van der Waals surface area contributed by atoms with E-state index in [9.17, 15) is 5.11 Å². The molecule has 0 radical (unpaired) electrons. The average molecular weight is 505 g/mol. The van der Waals surface area contributed by atoms with Gasteiger partial charge >= 0.3 is 0 Å². The molecule has 0 spiro atoms. The molecule has 0 aliphatic heterocycles. The summed E-state index contributed by atoms with van der Waals surface area (Å²) in [6, 6.07) is 0. The van der Waals surface area contributed by atoms with E-state index in [1.165, 1.54) is 0 Å². The first-order valence-electron chi connectivity index (χ1n) is 12.6. The van der Waals surface area contributed by atoms with Crippen LogP contribution >= 0.6 is 0 Å². The Morgan fingerprint density at radius 2 is 1.06 bits per heavy atom. The normalized spacial score (nSPS) is 27.0. The minimum Gasteiger partial charge on any atom is -0.416 e. The Hall–Kier alpha value is 0.491. The summed E-state index contributed by atoms with van der Waals surface area (Å²) in [5.74, 6) is -0.00230. The van der Waals surface area contributed by atoms with Crippen LogP contribution < -0.4 is 0 Å². The number of aliphatic hydroxyl groups excluding tert-OH is 1. The van der Waals surface area contributed by atoms with Crippen LogP contribution in [0.25, 0.3) is 0 Å². The van der Waals surface area contributed by atoms with Gasteiger partial charge < -0.3 is 18.4 Å². The van der Waals surface area contributed by atoms with Gasteiger partial charge in [-0.15, -0.1) is 0 Å². The molecule has 0 bridgehead atoms. The summed E-state index contributed by atoms with van der Waals surface area (Å²) in [5.41, 5.74) is 0. The highest BCUT2D eigenvalue weighted by Crippen LogP contribution is 2.44. The molecule has 4 atom stereocenters. The summed E-state index contributed by atoms with van der Waals surface area (Å²) in [7, 11) is -5.82. The van der Waals surface area contributed by atoms with Gasteiger partial charge in [-0.2, -0.15) is 0 Å². The van der Waals surface area contributed by atoms with E-state index in [0.29, 0.717) is 13.0 Å². The molecule has 0 amide bonds. The average Bonchev–Trinajstić information content (AvgIpc) is 2.49. The Balaban J connectivity index is 3.15. The second-order valence-corrected chi connectivity index (χ2v) is 29.0. The van der Waals surface area contributed by atoms with E-state index >= 15 is 0 Å². The topological polar surface area (TPSA) is 47.9 Å². The molecular formula is C25H56O4Si3. The molecule has 1 aliphatic rings. The van der Waals surface area contributed by atoms with Crippen LogP contribution in [0.5, 0.6) is 0 Å². The van der Waals surface area contributed by atoms with Gasteiger partial charge in [-0.25, -0.2) is 0 Å². The third kappa shape index (κ3) is 7.49. The summed E-state index contributed by atoms with van der Waals surface area (Å²) in [6.07, 6.45) is 1.08. The monoisotopic (exact) mass is 504 g/mol. The molecule has 1 saturated carbocycles. The molecule has 0 aromatic carbocycles. The van der Waals surface area contributed by atoms with E-state index < -0.39 is 31.1 Å². The zero-order valence-electron chi connectivity index (χ0n) is 24.1. The van der Waals surface area contributed by atoms with E-state index in [4.69, 9.17) is 13.3 Å². The van der Waals surface area contributed by atoms with Gasteiger partial charge in [-0.1, -0.05) is 62.3 Å². The quantitative estimate of drug-likeness (QED) is 0.363. The van der Waals surface area contributed by atoms with Crippen molar-refractivity contribution in [2.24, 2.45) is 5.92 Å². The van der Waals surface area contributed by atoms with Gasteiger partial charge in [0.2, 0.25) is 0 Å². The highest BCUT2D eigenvalue weighted by Gasteiger charge is 2.48. The van der Waals surface area contributed by atoms with Gasteiger partial charge in [-0.05, 0) is 67.2 Å². The van der Waals surface area contributed by atoms with Gasteiger partial charge in [0.05, 0.1) is 12.2 Å². The lowest BCUT2D eigenvalue weighted by molar-refractivity contribution is -0.0768. The van der Waals surface area contributed by atoms with Gasteiger partial charge in [0.15, 0.2) is 25.0 Å². The molecule has 1 N–H and O–H groups in total. The van der Waals surface area contributed by atoms with Gasteiger partial charge in [-0.3, -0.25) is 0 Å². The van der Waals surface area contributed by atoms with Crippen molar-refractivity contribution in [3.63, 3.8) is 0 Å². The zero-order chi connectivity index (χ0) is 25.6. The predicted molar refractivity (Wildman–Crippen MR) is 146 cm³/mol. The van der Waals surface area contributed by atoms with Crippen LogP contribution in [-0.4, -0.2) is 55.0 Å². The number of rotatable bonds is 7. The third-order valence-electron chi connectivity index (χ3n) is 8.93. The molecular weight excluding hydrogens is 449 g/mol. The van der Waals surface area contributed by atoms with E-state index in [2.05, 4.69) is 102 Å². The largest absolute Gasteiger partial charge is 0.416 e. The van der Waals surface area contributed by atoms with Crippen molar-refractivity contribution in [3.8, 4) is 0 Å². The minimum atomic E-state index is -2.00. The van der Waals surface area contributed by atoms with Crippen molar-refractivity contribution in [2.45, 2.75) is 148 Å². The second kappa shape index (κ2) is 9.86. The van der Waals surface area contributed by atoms with Crippen LogP contribution in [0.1, 0.15) is 75.2 Å². The molecule has 0 unspecified atom stereocenters. The summed E-state index contributed by atoms with van der Waals surface area (Å²) >= 11 is 0. The van der Waals surface area contributed by atoms with E-state index in [1.54, 1.807) is 0 Å². The van der Waals surface area contributed by atoms with E-state index in [-0.39, 0.29) is 33.2 Å². The molecule has 1 fully saturated rings. The summed E-state index contributed by atoms with van der Waals surface area (Å²) in [5, 5.41) is 11.7. The van der Waals surface area contributed by atoms with Crippen LogP contribution in [0, 0.1) is 5.92 Å². The van der Waals surface area contributed by atoms with Crippen molar-refractivity contribution >= 4 is 25.0 Å². The first kappa shape index (κ1) is 30.5. The van der Waals surface area contributed by atoms with Crippen LogP contribution in [0.4, 0.5) is 0 Å². The molecule has 4 nitrogen and oxygen atoms in total. The van der Waals surface area contributed by atoms with Crippen LogP contribution in [0.2, 0.25) is 54.4 Å². The van der Waals surface area contributed by atoms with Gasteiger partial charge in [0, 0.05) is 18.6 Å². The number of hydrogen-bond donors (Lipinski definition) is 1. The standard InChI is InChI=1S/C25H56O4Si3/c1-23(2,3)30(10,11)27-18-20-21(26)16-19(28-31(12,13)24(4,5)6)17-22(20)29-32(14,15)25(7,8)9/h19-22,26H,16-18H2,1-15H3/t19-,20+,21-,22+/m1/s1. The molecule has 0 aromatic rings. The lowest BCUT2D eigenvalue weighted by Crippen LogP contribution is -2.55. The van der Waals surface area contributed by atoms with Crippen molar-refractivity contribution < 1.29 is 18.4 Å². The Labute approximate surface area is 203 Å². The number of aliphatic hydroxyl groups is 1. The Morgan fingerprint density at radius 1 is 0.656 bits per heavy atom. The Kier molecular flexibility index (Phi) is 9.40. The SMILES string of the molecule is CC(C)(C)[Si](C)(C)OC[C@H]1[C@H](O)C[C@@H](O[Si](C)(C)C(C)(C)C)C[C@@H]1O[Si](C)(C)C(C)(C)C. The summed E-state index contributed by atoms with van der Waals surface area (Å²) in [4.78, 5) is 0. The molecule has 0 aromatic heterocycles. The Bertz CT molecular complexity index is 612. The fourth-order valence-corrected chi connectivity index (χ4v) is 7.14. The molecule has 32 heavy (non-hydrogen) atoms. The van der Waals surface area contributed by atoms with E-state index in [0.717, 1.165) is 6.42 Å². The van der Waals surface area contributed by atoms with Crippen molar-refractivity contribution in [3.05, 3.63) is 0 Å². The fourth-order valence-electron chi connectivity index (χ4n) is 3.34. The molecule has 0 saturated heterocycles. The maximum Gasteiger partial charge on any atom is 0.192 e. The molecule has 1 rings (SSSR count). The maximum absolute atomic E-state index is 11.3. The van der Waals surface area contributed by atoms with Crippen LogP contribution in [-0.2, 0) is 13.3 Å². The first-order chi connectivity index (χ1) is 13.9. The van der Waals surface area contributed by atoms with Crippen LogP contribution in [0.15, 0.2) is 0 Å². The number of hydrogen-bond acceptors (Lipinski definition) is 4. The highest BCUT2D eigenvalue weighted by molar-refractivity contribution is 6.75. The maximum atomic E-state index is 11.3. The minimum absolute atomic E-state index is 0.00230. The van der Waals surface area contributed by atoms with Crippen molar-refractivity contribution in [1.29, 1.82) is 0 Å². The summed E-state index contributed by atoms with van der Waals surface area (Å²) < 4.78 is 20.3. The highest BCUT2D eigenvalue weighted by atomic mass is 28.4. The van der Waals surface area contributed by atoms with E-state index in [1.807, 2.05) is 0 Å². The van der Waals surface area contributed by atoms with Crippen molar-refractivity contribution in [1.82, 2.24) is 0 Å². The van der Waals surface area contributed by atoms with Crippen molar-refractivity contribution in [2.75, 3.05) is 6.61 Å². The smallest absolute Gasteiger partial charge is 0.192 e. The Morgan fingerprint density at radius 3 is 1.47 bits per heavy atom. The summed E-state index contributed by atoms with van der Waals surface area (Å²) in [6.45, 7) is 34.8. The predicted octanol–water partition coefficient (Wildman–Crippen LogP) is 7.56. The third-order valence-corrected chi connectivity index (χ3v) is 22.5. The lowest BCUT2D eigenvalue weighted by atomic mass is 9.83. The second-order valence-electron chi connectivity index (χ2n) is 14.7. The lowest BCUT2D eigenvalue weighted by Gasteiger charge is -2.49. The fraction of sp³-hybridized carbons (Fsp3) is 1.00.